The second-order valence-corrected chi connectivity index (χ2v) is 6.74. The summed E-state index contributed by atoms with van der Waals surface area (Å²) < 4.78 is 0. The number of nitrogens with one attached hydrogen (secondary N) is 2. The Hall–Kier alpha value is -1.36. The minimum atomic E-state index is 0.0311. The SMILES string of the molecule is CCc1ccc(C(NC)c2cc3c(cc2Cl)NC(=O)C3)s1. The van der Waals surface area contributed by atoms with Crippen LogP contribution in [-0.4, -0.2) is 13.0 Å². The van der Waals surface area contributed by atoms with Crippen molar-refractivity contribution >= 4 is 34.5 Å². The van der Waals surface area contributed by atoms with Crippen LogP contribution in [-0.2, 0) is 17.6 Å². The van der Waals surface area contributed by atoms with Crippen LogP contribution < -0.4 is 10.6 Å². The van der Waals surface area contributed by atoms with Crippen LogP contribution in [0.1, 0.15) is 33.8 Å². The van der Waals surface area contributed by atoms with E-state index in [0.29, 0.717) is 11.4 Å². The number of carbonyl (C=O) groups is 1. The molecule has 2 heterocycles. The lowest BCUT2D eigenvalue weighted by molar-refractivity contribution is -0.115. The molecule has 0 saturated carbocycles. The van der Waals surface area contributed by atoms with Crippen molar-refractivity contribution in [1.29, 1.82) is 0 Å². The fraction of sp³-hybridized carbons (Fsp3) is 0.312. The second-order valence-electron chi connectivity index (χ2n) is 5.14. The van der Waals surface area contributed by atoms with Crippen molar-refractivity contribution in [1.82, 2.24) is 5.32 Å². The molecule has 0 saturated heterocycles. The van der Waals surface area contributed by atoms with Gasteiger partial charge in [-0.3, -0.25) is 4.79 Å². The van der Waals surface area contributed by atoms with Gasteiger partial charge in [0.05, 0.1) is 12.5 Å². The largest absolute Gasteiger partial charge is 0.325 e. The first-order valence-electron chi connectivity index (χ1n) is 7.00. The lowest BCUT2D eigenvalue weighted by Gasteiger charge is -2.18. The first kappa shape index (κ1) is 14.6. The highest BCUT2D eigenvalue weighted by atomic mass is 35.5. The van der Waals surface area contributed by atoms with Crippen molar-refractivity contribution in [3.63, 3.8) is 0 Å². The molecule has 1 unspecified atom stereocenters. The lowest BCUT2D eigenvalue weighted by atomic mass is 10.0. The van der Waals surface area contributed by atoms with Gasteiger partial charge in [-0.1, -0.05) is 18.5 Å². The molecule has 0 fully saturated rings. The third kappa shape index (κ3) is 2.71. The van der Waals surface area contributed by atoms with E-state index in [1.54, 1.807) is 11.3 Å². The monoisotopic (exact) mass is 320 g/mol. The van der Waals surface area contributed by atoms with Gasteiger partial charge in [-0.15, -0.1) is 11.3 Å². The van der Waals surface area contributed by atoms with E-state index in [4.69, 9.17) is 11.6 Å². The zero-order valence-electron chi connectivity index (χ0n) is 12.0. The highest BCUT2D eigenvalue weighted by Gasteiger charge is 2.23. The normalized spacial score (nSPS) is 14.9. The molecule has 110 valence electrons. The molecule has 1 aromatic carbocycles. The van der Waals surface area contributed by atoms with Gasteiger partial charge in [0.25, 0.3) is 0 Å². The van der Waals surface area contributed by atoms with E-state index in [1.807, 2.05) is 19.2 Å². The second kappa shape index (κ2) is 5.79. The highest BCUT2D eigenvalue weighted by molar-refractivity contribution is 7.12. The van der Waals surface area contributed by atoms with E-state index < -0.39 is 0 Å². The highest BCUT2D eigenvalue weighted by Crippen LogP contribution is 2.37. The van der Waals surface area contributed by atoms with E-state index in [9.17, 15) is 4.79 Å². The Morgan fingerprint density at radius 1 is 1.43 bits per heavy atom. The number of carbonyl (C=O) groups excluding carboxylic acids is 1. The van der Waals surface area contributed by atoms with Crippen molar-refractivity contribution in [2.75, 3.05) is 12.4 Å². The minimum absolute atomic E-state index is 0.0311. The van der Waals surface area contributed by atoms with E-state index >= 15 is 0 Å². The summed E-state index contributed by atoms with van der Waals surface area (Å²) in [6, 6.07) is 8.27. The van der Waals surface area contributed by atoms with Gasteiger partial charge in [0.2, 0.25) is 5.91 Å². The van der Waals surface area contributed by atoms with Crippen molar-refractivity contribution in [2.24, 2.45) is 0 Å². The fourth-order valence-corrected chi connectivity index (χ4v) is 4.03. The van der Waals surface area contributed by atoms with E-state index in [1.165, 1.54) is 9.75 Å². The van der Waals surface area contributed by atoms with Crippen molar-refractivity contribution in [3.05, 3.63) is 50.2 Å². The molecule has 1 aliphatic heterocycles. The van der Waals surface area contributed by atoms with Gasteiger partial charge >= 0.3 is 0 Å². The summed E-state index contributed by atoms with van der Waals surface area (Å²) in [6.45, 7) is 2.16. The topological polar surface area (TPSA) is 41.1 Å². The first-order chi connectivity index (χ1) is 10.1. The average molecular weight is 321 g/mol. The van der Waals surface area contributed by atoms with Crippen LogP contribution in [0.2, 0.25) is 5.02 Å². The van der Waals surface area contributed by atoms with Crippen LogP contribution in [0, 0.1) is 0 Å². The molecule has 1 aromatic heterocycles. The summed E-state index contributed by atoms with van der Waals surface area (Å²) in [5.41, 5.74) is 2.88. The van der Waals surface area contributed by atoms with Crippen molar-refractivity contribution in [3.8, 4) is 0 Å². The number of aryl methyl sites for hydroxylation is 1. The maximum absolute atomic E-state index is 11.5. The van der Waals surface area contributed by atoms with E-state index in [-0.39, 0.29) is 11.9 Å². The first-order valence-corrected chi connectivity index (χ1v) is 8.19. The molecule has 0 radical (unpaired) electrons. The van der Waals surface area contributed by atoms with Crippen molar-refractivity contribution < 1.29 is 4.79 Å². The Labute approximate surface area is 133 Å². The third-order valence-electron chi connectivity index (χ3n) is 3.76. The Bertz CT molecular complexity index is 696. The number of benzene rings is 1. The molecule has 2 N–H and O–H groups in total. The number of rotatable bonds is 4. The molecule has 5 heteroatoms. The lowest BCUT2D eigenvalue weighted by Crippen LogP contribution is -2.17. The Balaban J connectivity index is 2.01. The molecule has 0 bridgehead atoms. The molecule has 1 aliphatic rings. The molecule has 2 aromatic rings. The molecule has 1 amide bonds. The molecule has 3 nitrogen and oxygen atoms in total. The van der Waals surface area contributed by atoms with Crippen LogP contribution >= 0.6 is 22.9 Å². The molecule has 0 spiro atoms. The number of thiophene rings is 1. The summed E-state index contributed by atoms with van der Waals surface area (Å²) in [5, 5.41) is 6.85. The molecular weight excluding hydrogens is 304 g/mol. The van der Waals surface area contributed by atoms with Gasteiger partial charge in [-0.2, -0.15) is 0 Å². The number of amides is 1. The summed E-state index contributed by atoms with van der Waals surface area (Å²) in [6.07, 6.45) is 1.47. The zero-order chi connectivity index (χ0) is 15.0. The predicted octanol–water partition coefficient (Wildman–Crippen LogP) is 3.77. The van der Waals surface area contributed by atoms with Crippen LogP contribution in [0.25, 0.3) is 0 Å². The Kier molecular flexibility index (Phi) is 4.02. The summed E-state index contributed by atoms with van der Waals surface area (Å²) >= 11 is 8.23. The van der Waals surface area contributed by atoms with Crippen molar-refractivity contribution in [2.45, 2.75) is 25.8 Å². The summed E-state index contributed by atoms with van der Waals surface area (Å²) in [7, 11) is 1.93. The minimum Gasteiger partial charge on any atom is -0.325 e. The predicted molar refractivity (Wildman–Crippen MR) is 88.4 cm³/mol. The molecular formula is C16H17ClN2OS. The zero-order valence-corrected chi connectivity index (χ0v) is 13.6. The maximum atomic E-state index is 11.5. The smallest absolute Gasteiger partial charge is 0.228 e. The van der Waals surface area contributed by atoms with Gasteiger partial charge in [0.15, 0.2) is 0 Å². The quantitative estimate of drug-likeness (QED) is 0.900. The standard InChI is InChI=1S/C16H17ClN2OS/c1-3-10-4-5-14(21-10)16(18-2)11-6-9-7-15(20)19-13(9)8-12(11)17/h4-6,8,16,18H,3,7H2,1-2H3,(H,19,20). The Morgan fingerprint density at radius 3 is 2.90 bits per heavy atom. The fourth-order valence-electron chi connectivity index (χ4n) is 2.68. The van der Waals surface area contributed by atoms with Gasteiger partial charge in [0, 0.05) is 20.5 Å². The van der Waals surface area contributed by atoms with E-state index in [2.05, 4.69) is 29.7 Å². The van der Waals surface area contributed by atoms with E-state index in [0.717, 1.165) is 23.2 Å². The van der Waals surface area contributed by atoms with Crippen LogP contribution in [0.5, 0.6) is 0 Å². The maximum Gasteiger partial charge on any atom is 0.228 e. The number of hydrogen-bond acceptors (Lipinski definition) is 3. The third-order valence-corrected chi connectivity index (χ3v) is 5.38. The number of hydrogen-bond donors (Lipinski definition) is 2. The molecule has 1 atom stereocenters. The molecule has 3 rings (SSSR count). The van der Waals surface area contributed by atoms with Gasteiger partial charge in [0.1, 0.15) is 0 Å². The summed E-state index contributed by atoms with van der Waals surface area (Å²) in [5.74, 6) is 0.0311. The van der Waals surface area contributed by atoms with Crippen LogP contribution in [0.15, 0.2) is 24.3 Å². The average Bonchev–Trinajstić information content (AvgIpc) is 3.05. The van der Waals surface area contributed by atoms with Gasteiger partial charge in [-0.25, -0.2) is 0 Å². The Morgan fingerprint density at radius 2 is 2.24 bits per heavy atom. The van der Waals surface area contributed by atoms with Crippen LogP contribution in [0.3, 0.4) is 0 Å². The van der Waals surface area contributed by atoms with Crippen LogP contribution in [0.4, 0.5) is 5.69 Å². The number of anilines is 1. The molecule has 21 heavy (non-hydrogen) atoms. The van der Waals surface area contributed by atoms with Gasteiger partial charge in [-0.05, 0) is 48.9 Å². The van der Waals surface area contributed by atoms with Gasteiger partial charge < -0.3 is 10.6 Å². The number of fused-ring (bicyclic) bond motifs is 1. The summed E-state index contributed by atoms with van der Waals surface area (Å²) in [4.78, 5) is 14.1. The molecule has 0 aliphatic carbocycles. The number of halogens is 1.